The summed E-state index contributed by atoms with van der Waals surface area (Å²) in [5, 5.41) is 12.1. The van der Waals surface area contributed by atoms with E-state index < -0.39 is 17.8 Å². The lowest BCUT2D eigenvalue weighted by molar-refractivity contribution is -0.166. The fourth-order valence-electron chi connectivity index (χ4n) is 1.84. The molecule has 0 aromatic rings. The second-order valence-electron chi connectivity index (χ2n) is 4.60. The quantitative estimate of drug-likeness (QED) is 0.720. The van der Waals surface area contributed by atoms with Gasteiger partial charge in [0.15, 0.2) is 0 Å². The molecule has 6 heteroatoms. The van der Waals surface area contributed by atoms with Crippen molar-refractivity contribution in [2.45, 2.75) is 44.5 Å². The number of hydrogen-bond acceptors (Lipinski definition) is 3. The lowest BCUT2D eigenvalue weighted by Gasteiger charge is -2.25. The van der Waals surface area contributed by atoms with Crippen LogP contribution in [-0.4, -0.2) is 54.0 Å². The zero-order valence-electron chi connectivity index (χ0n) is 10.3. The van der Waals surface area contributed by atoms with Gasteiger partial charge in [0.2, 0.25) is 0 Å². The van der Waals surface area contributed by atoms with Crippen LogP contribution in [-0.2, 0) is 0 Å². The Labute approximate surface area is 100.0 Å². The predicted molar refractivity (Wildman–Crippen MR) is 59.8 cm³/mol. The number of halogens is 3. The van der Waals surface area contributed by atoms with Crippen LogP contribution >= 0.6 is 0 Å². The minimum atomic E-state index is -4.21. The van der Waals surface area contributed by atoms with Gasteiger partial charge in [-0.25, -0.2) is 0 Å². The highest BCUT2D eigenvalue weighted by Crippen LogP contribution is 2.48. The smallest absolute Gasteiger partial charge is 0.390 e. The summed E-state index contributed by atoms with van der Waals surface area (Å²) in [5.41, 5.74) is -1.72. The molecule has 2 N–H and O–H groups in total. The van der Waals surface area contributed by atoms with Gasteiger partial charge in [-0.05, 0) is 25.9 Å². The van der Waals surface area contributed by atoms with Gasteiger partial charge in [-0.15, -0.1) is 0 Å². The number of likely N-dealkylation sites (N-methyl/N-ethyl adjacent to an activating group) is 1. The Bertz CT molecular complexity index is 237. The Balaban J connectivity index is 2.31. The van der Waals surface area contributed by atoms with Crippen LogP contribution in [0.3, 0.4) is 0 Å². The Morgan fingerprint density at radius 2 is 1.82 bits per heavy atom. The summed E-state index contributed by atoms with van der Waals surface area (Å²) in [4.78, 5) is 1.99. The Morgan fingerprint density at radius 1 is 1.29 bits per heavy atom. The summed E-state index contributed by atoms with van der Waals surface area (Å²) in [6.07, 6.45) is -4.72. The first-order valence-electron chi connectivity index (χ1n) is 6.07. The number of hydrogen-bond donors (Lipinski definition) is 2. The van der Waals surface area contributed by atoms with Crippen molar-refractivity contribution in [1.82, 2.24) is 10.2 Å². The van der Waals surface area contributed by atoms with Gasteiger partial charge < -0.3 is 15.3 Å². The average molecular weight is 254 g/mol. The zero-order chi connectivity index (χ0) is 13.1. The molecular formula is C11H21F3N2O. The first-order valence-corrected chi connectivity index (χ1v) is 6.07. The van der Waals surface area contributed by atoms with Gasteiger partial charge in [-0.1, -0.05) is 13.8 Å². The highest BCUT2D eigenvalue weighted by atomic mass is 19.4. The van der Waals surface area contributed by atoms with E-state index in [1.54, 1.807) is 0 Å². The summed E-state index contributed by atoms with van der Waals surface area (Å²) in [6, 6.07) is 0. The second-order valence-corrected chi connectivity index (χ2v) is 4.60. The Hall–Kier alpha value is -0.330. The van der Waals surface area contributed by atoms with Crippen LogP contribution in [0, 0.1) is 0 Å². The minimum absolute atomic E-state index is 0.00396. The number of aliphatic hydroxyl groups is 1. The first-order chi connectivity index (χ1) is 7.84. The number of rotatable bonds is 7. The van der Waals surface area contributed by atoms with Gasteiger partial charge in [0.1, 0.15) is 5.54 Å². The predicted octanol–water partition coefficient (Wildman–Crippen LogP) is 1.37. The Morgan fingerprint density at radius 3 is 2.18 bits per heavy atom. The van der Waals surface area contributed by atoms with E-state index in [2.05, 4.69) is 5.32 Å². The summed E-state index contributed by atoms with van der Waals surface area (Å²) in [7, 11) is 0. The standard InChI is InChI=1S/C11H21F3N2O/c1-3-16(4-2)8-9(17)7-15-10(5-6-10)11(12,13)14/h9,15,17H,3-8H2,1-2H3. The van der Waals surface area contributed by atoms with Crippen molar-refractivity contribution < 1.29 is 18.3 Å². The molecular weight excluding hydrogens is 233 g/mol. The largest absolute Gasteiger partial charge is 0.406 e. The van der Waals surface area contributed by atoms with E-state index in [9.17, 15) is 18.3 Å². The van der Waals surface area contributed by atoms with Crippen molar-refractivity contribution in [3.8, 4) is 0 Å². The molecule has 0 aromatic carbocycles. The van der Waals surface area contributed by atoms with Crippen molar-refractivity contribution in [3.63, 3.8) is 0 Å². The van der Waals surface area contributed by atoms with E-state index >= 15 is 0 Å². The third kappa shape index (κ3) is 3.82. The van der Waals surface area contributed by atoms with Gasteiger partial charge in [0.05, 0.1) is 6.10 Å². The van der Waals surface area contributed by atoms with Crippen LogP contribution in [0.15, 0.2) is 0 Å². The second kappa shape index (κ2) is 5.54. The molecule has 1 aliphatic rings. The van der Waals surface area contributed by atoms with Gasteiger partial charge in [0.25, 0.3) is 0 Å². The summed E-state index contributed by atoms with van der Waals surface area (Å²) < 4.78 is 37.8. The normalized spacial score (nSPS) is 20.6. The van der Waals surface area contributed by atoms with E-state index in [4.69, 9.17) is 0 Å². The zero-order valence-corrected chi connectivity index (χ0v) is 10.3. The number of nitrogens with zero attached hydrogens (tertiary/aromatic N) is 1. The lowest BCUT2D eigenvalue weighted by atomic mass is 10.2. The van der Waals surface area contributed by atoms with Crippen molar-refractivity contribution in [2.75, 3.05) is 26.2 Å². The molecule has 0 bridgehead atoms. The Kier molecular flexibility index (Phi) is 4.80. The molecule has 102 valence electrons. The molecule has 0 spiro atoms. The molecule has 0 saturated heterocycles. The average Bonchev–Trinajstić information content (AvgIpc) is 3.03. The van der Waals surface area contributed by atoms with Gasteiger partial charge in [0, 0.05) is 13.1 Å². The van der Waals surface area contributed by atoms with Crippen molar-refractivity contribution in [1.29, 1.82) is 0 Å². The van der Waals surface area contributed by atoms with Crippen molar-refractivity contribution in [2.24, 2.45) is 0 Å². The molecule has 1 atom stereocenters. The molecule has 1 saturated carbocycles. The van der Waals surface area contributed by atoms with Gasteiger partial charge in [-0.2, -0.15) is 13.2 Å². The van der Waals surface area contributed by atoms with E-state index in [0.29, 0.717) is 6.54 Å². The third-order valence-electron chi connectivity index (χ3n) is 3.33. The maximum absolute atomic E-state index is 12.6. The fourth-order valence-corrected chi connectivity index (χ4v) is 1.84. The van der Waals surface area contributed by atoms with Crippen LogP contribution in [0.1, 0.15) is 26.7 Å². The first kappa shape index (κ1) is 14.7. The number of β-amino-alcohol motifs (C(OH)–C–C–N with tert-alkyl or cyclic N) is 1. The van der Waals surface area contributed by atoms with Crippen LogP contribution in [0.5, 0.6) is 0 Å². The molecule has 0 amide bonds. The summed E-state index contributed by atoms with van der Waals surface area (Å²) >= 11 is 0. The number of alkyl halides is 3. The van der Waals surface area contributed by atoms with E-state index in [-0.39, 0.29) is 19.4 Å². The molecule has 1 unspecified atom stereocenters. The topological polar surface area (TPSA) is 35.5 Å². The molecule has 1 fully saturated rings. The molecule has 1 aliphatic carbocycles. The third-order valence-corrected chi connectivity index (χ3v) is 3.33. The molecule has 0 radical (unpaired) electrons. The van der Waals surface area contributed by atoms with E-state index in [1.807, 2.05) is 18.7 Å². The SMILES string of the molecule is CCN(CC)CC(O)CNC1(C(F)(F)F)CC1. The summed E-state index contributed by atoms with van der Waals surface area (Å²) in [5.74, 6) is 0. The lowest BCUT2D eigenvalue weighted by Crippen LogP contribution is -2.49. The summed E-state index contributed by atoms with van der Waals surface area (Å²) in [6.45, 7) is 5.91. The van der Waals surface area contributed by atoms with Crippen LogP contribution in [0.4, 0.5) is 13.2 Å². The van der Waals surface area contributed by atoms with Crippen LogP contribution in [0.25, 0.3) is 0 Å². The number of aliphatic hydroxyl groups excluding tert-OH is 1. The minimum Gasteiger partial charge on any atom is -0.390 e. The van der Waals surface area contributed by atoms with E-state index in [1.165, 1.54) is 0 Å². The monoisotopic (exact) mass is 254 g/mol. The molecule has 3 nitrogen and oxygen atoms in total. The molecule has 0 aliphatic heterocycles. The van der Waals surface area contributed by atoms with Gasteiger partial charge in [-0.3, -0.25) is 0 Å². The van der Waals surface area contributed by atoms with E-state index in [0.717, 1.165) is 13.1 Å². The van der Waals surface area contributed by atoms with Crippen molar-refractivity contribution in [3.05, 3.63) is 0 Å². The fraction of sp³-hybridized carbons (Fsp3) is 1.00. The van der Waals surface area contributed by atoms with Crippen LogP contribution < -0.4 is 5.32 Å². The highest BCUT2D eigenvalue weighted by Gasteiger charge is 2.63. The molecule has 17 heavy (non-hydrogen) atoms. The van der Waals surface area contributed by atoms with Crippen LogP contribution in [0.2, 0.25) is 0 Å². The number of nitrogens with one attached hydrogen (secondary N) is 1. The molecule has 1 rings (SSSR count). The van der Waals surface area contributed by atoms with Crippen molar-refractivity contribution >= 4 is 0 Å². The molecule has 0 heterocycles. The maximum atomic E-state index is 12.6. The van der Waals surface area contributed by atoms with Gasteiger partial charge >= 0.3 is 6.18 Å². The molecule has 0 aromatic heterocycles. The maximum Gasteiger partial charge on any atom is 0.406 e. The highest BCUT2D eigenvalue weighted by molar-refractivity contribution is 5.08.